The number of rotatable bonds is 3. The summed E-state index contributed by atoms with van der Waals surface area (Å²) in [4.78, 5) is 21.8. The lowest BCUT2D eigenvalue weighted by molar-refractivity contribution is 0.0176. The minimum atomic E-state index is -1.30. The monoisotopic (exact) mass is 359 g/mol. The molecule has 6 nitrogen and oxygen atoms in total. The Morgan fingerprint density at radius 3 is 2.70 bits per heavy atom. The lowest BCUT2D eigenvalue weighted by Crippen LogP contribution is -2.44. The number of piperidine rings is 1. The van der Waals surface area contributed by atoms with Gasteiger partial charge < -0.3 is 9.64 Å². The molecule has 0 saturated carbocycles. The van der Waals surface area contributed by atoms with Crippen LogP contribution in [0.2, 0.25) is 5.02 Å². The van der Waals surface area contributed by atoms with Gasteiger partial charge in [-0.3, -0.25) is 4.21 Å². The summed E-state index contributed by atoms with van der Waals surface area (Å²) in [7, 11) is -1.30. The number of halogens is 1. The van der Waals surface area contributed by atoms with E-state index in [1.807, 2.05) is 20.8 Å². The van der Waals surface area contributed by atoms with E-state index < -0.39 is 16.4 Å². The second-order valence-corrected chi connectivity index (χ2v) is 8.46. The van der Waals surface area contributed by atoms with Gasteiger partial charge in [-0.25, -0.2) is 14.8 Å². The molecule has 1 amide bonds. The van der Waals surface area contributed by atoms with Gasteiger partial charge in [-0.2, -0.15) is 0 Å². The van der Waals surface area contributed by atoms with Gasteiger partial charge in [0.1, 0.15) is 5.60 Å². The molecule has 2 unspecified atom stereocenters. The molecule has 0 spiro atoms. The van der Waals surface area contributed by atoms with Crippen molar-refractivity contribution in [3.63, 3.8) is 0 Å². The molecule has 0 N–H and O–H groups in total. The Morgan fingerprint density at radius 2 is 2.09 bits per heavy atom. The Morgan fingerprint density at radius 1 is 1.43 bits per heavy atom. The van der Waals surface area contributed by atoms with Gasteiger partial charge in [-0.15, -0.1) is 0 Å². The number of ether oxygens (including phenoxy) is 1. The smallest absolute Gasteiger partial charge is 0.410 e. The van der Waals surface area contributed by atoms with Crippen LogP contribution in [-0.4, -0.2) is 49.6 Å². The van der Waals surface area contributed by atoms with Gasteiger partial charge in [0, 0.05) is 18.8 Å². The Bertz CT molecular complexity index is 574. The zero-order chi connectivity index (χ0) is 17.0. The fraction of sp³-hybridized carbons (Fsp3) is 0.667. The summed E-state index contributed by atoms with van der Waals surface area (Å²) in [6.45, 7) is 6.77. The number of carbonyl (C=O) groups excluding carboxylic acids is 1. The molecule has 2 heterocycles. The van der Waals surface area contributed by atoms with Crippen LogP contribution >= 0.6 is 11.6 Å². The molecule has 1 aliphatic heterocycles. The van der Waals surface area contributed by atoms with E-state index in [-0.39, 0.29) is 17.2 Å². The highest BCUT2D eigenvalue weighted by Gasteiger charge is 2.29. The van der Waals surface area contributed by atoms with Crippen LogP contribution in [0, 0.1) is 5.92 Å². The van der Waals surface area contributed by atoms with Gasteiger partial charge in [0.2, 0.25) is 5.16 Å². The largest absolute Gasteiger partial charge is 0.444 e. The van der Waals surface area contributed by atoms with Crippen molar-refractivity contribution in [3.8, 4) is 0 Å². The molecule has 1 aromatic rings. The number of aromatic nitrogens is 2. The Balaban J connectivity index is 1.92. The number of carbonyl (C=O) groups is 1. The first kappa shape index (κ1) is 18.1. The lowest BCUT2D eigenvalue weighted by atomic mass is 10.0. The number of likely N-dealkylation sites (tertiary alicyclic amines) is 1. The average molecular weight is 360 g/mol. The predicted octanol–water partition coefficient (Wildman–Crippen LogP) is 2.88. The summed E-state index contributed by atoms with van der Waals surface area (Å²) in [6, 6.07) is 0. The Hall–Kier alpha value is -1.21. The van der Waals surface area contributed by atoms with Crippen LogP contribution < -0.4 is 0 Å². The summed E-state index contributed by atoms with van der Waals surface area (Å²) >= 11 is 5.73. The van der Waals surface area contributed by atoms with Crippen molar-refractivity contribution in [3.05, 3.63) is 17.4 Å². The molecule has 128 valence electrons. The summed E-state index contributed by atoms with van der Waals surface area (Å²) in [5.41, 5.74) is -0.510. The van der Waals surface area contributed by atoms with Crippen LogP contribution in [0.3, 0.4) is 0 Å². The molecule has 8 heteroatoms. The second kappa shape index (κ2) is 7.57. The Labute approximate surface area is 144 Å². The van der Waals surface area contributed by atoms with E-state index in [2.05, 4.69) is 9.97 Å². The highest BCUT2D eigenvalue weighted by Crippen LogP contribution is 2.21. The van der Waals surface area contributed by atoms with Gasteiger partial charge in [0.05, 0.1) is 28.2 Å². The van der Waals surface area contributed by atoms with E-state index >= 15 is 0 Å². The molecule has 23 heavy (non-hydrogen) atoms. The average Bonchev–Trinajstić information content (AvgIpc) is 2.46. The summed E-state index contributed by atoms with van der Waals surface area (Å²) in [5, 5.41) is 0.698. The fourth-order valence-electron chi connectivity index (χ4n) is 2.40. The van der Waals surface area contributed by atoms with Crippen LogP contribution in [0.1, 0.15) is 33.6 Å². The summed E-state index contributed by atoms with van der Waals surface area (Å²) in [6.07, 6.45) is 4.38. The van der Waals surface area contributed by atoms with E-state index in [0.717, 1.165) is 12.8 Å². The maximum atomic E-state index is 12.3. The number of amides is 1. The Kier molecular flexibility index (Phi) is 5.97. The molecule has 2 rings (SSSR count). The minimum Gasteiger partial charge on any atom is -0.444 e. The van der Waals surface area contributed by atoms with Crippen molar-refractivity contribution >= 4 is 28.5 Å². The fourth-order valence-corrected chi connectivity index (χ4v) is 3.69. The van der Waals surface area contributed by atoms with Crippen molar-refractivity contribution in [2.75, 3.05) is 18.8 Å². The van der Waals surface area contributed by atoms with Crippen molar-refractivity contribution in [1.29, 1.82) is 0 Å². The van der Waals surface area contributed by atoms with Gasteiger partial charge >= 0.3 is 6.09 Å². The molecule has 0 aliphatic carbocycles. The molecule has 2 atom stereocenters. The van der Waals surface area contributed by atoms with Gasteiger partial charge in [0.25, 0.3) is 0 Å². The third kappa shape index (κ3) is 5.73. The lowest BCUT2D eigenvalue weighted by Gasteiger charge is -2.33. The molecule has 0 bridgehead atoms. The van der Waals surface area contributed by atoms with Crippen LogP contribution in [0.15, 0.2) is 17.6 Å². The SMILES string of the molecule is CC(C)(C)OC(=O)N1CCCC(CS(=O)c2ncc(Cl)cn2)C1. The van der Waals surface area contributed by atoms with Crippen molar-refractivity contribution < 1.29 is 13.7 Å². The third-order valence-corrected chi connectivity index (χ3v) is 4.95. The van der Waals surface area contributed by atoms with Crippen molar-refractivity contribution in [2.24, 2.45) is 5.92 Å². The quantitative estimate of drug-likeness (QED) is 0.776. The van der Waals surface area contributed by atoms with Crippen molar-refractivity contribution in [1.82, 2.24) is 14.9 Å². The molecular formula is C15H22ClN3O3S. The number of hydrogen-bond acceptors (Lipinski definition) is 5. The highest BCUT2D eigenvalue weighted by atomic mass is 35.5. The van der Waals surface area contributed by atoms with E-state index in [1.54, 1.807) is 4.90 Å². The third-order valence-electron chi connectivity index (χ3n) is 3.36. The predicted molar refractivity (Wildman–Crippen MR) is 88.8 cm³/mol. The van der Waals surface area contributed by atoms with E-state index in [1.165, 1.54) is 12.4 Å². The van der Waals surface area contributed by atoms with Gasteiger partial charge in [0.15, 0.2) is 0 Å². The van der Waals surface area contributed by atoms with Gasteiger partial charge in [-0.1, -0.05) is 11.6 Å². The van der Waals surface area contributed by atoms with Crippen molar-refractivity contribution in [2.45, 2.75) is 44.4 Å². The molecular weight excluding hydrogens is 338 g/mol. The van der Waals surface area contributed by atoms with E-state index in [4.69, 9.17) is 16.3 Å². The standard InChI is InChI=1S/C15H22ClN3O3S/c1-15(2,3)22-14(20)19-6-4-5-11(9-19)10-23(21)13-17-7-12(16)8-18-13/h7-8,11H,4-6,9-10H2,1-3H3. The molecule has 0 radical (unpaired) electrons. The second-order valence-electron chi connectivity index (χ2n) is 6.63. The molecule has 1 fully saturated rings. The topological polar surface area (TPSA) is 72.4 Å². The van der Waals surface area contributed by atoms with Crippen LogP contribution in [-0.2, 0) is 15.5 Å². The first-order chi connectivity index (χ1) is 10.7. The summed E-state index contributed by atoms with van der Waals surface area (Å²) in [5.74, 6) is 0.581. The maximum absolute atomic E-state index is 12.3. The maximum Gasteiger partial charge on any atom is 0.410 e. The zero-order valence-corrected chi connectivity index (χ0v) is 15.2. The van der Waals surface area contributed by atoms with E-state index in [9.17, 15) is 9.00 Å². The molecule has 1 aliphatic rings. The normalized spacial score (nSPS) is 20.2. The van der Waals surface area contributed by atoms with Crippen LogP contribution in [0.25, 0.3) is 0 Å². The number of hydrogen-bond donors (Lipinski definition) is 0. The van der Waals surface area contributed by atoms with Crippen LogP contribution in [0.5, 0.6) is 0 Å². The van der Waals surface area contributed by atoms with E-state index in [0.29, 0.717) is 23.9 Å². The highest BCUT2D eigenvalue weighted by molar-refractivity contribution is 7.84. The minimum absolute atomic E-state index is 0.149. The zero-order valence-electron chi connectivity index (χ0n) is 13.6. The molecule has 0 aromatic carbocycles. The molecule has 1 aromatic heterocycles. The summed E-state index contributed by atoms with van der Waals surface area (Å²) < 4.78 is 17.7. The first-order valence-electron chi connectivity index (χ1n) is 7.58. The first-order valence-corrected chi connectivity index (χ1v) is 9.28. The number of nitrogens with zero attached hydrogens (tertiary/aromatic N) is 3. The molecule has 1 saturated heterocycles. The van der Waals surface area contributed by atoms with Crippen LogP contribution in [0.4, 0.5) is 4.79 Å². The van der Waals surface area contributed by atoms with Gasteiger partial charge in [-0.05, 0) is 39.5 Å².